The Hall–Kier alpha value is -2.15. The van der Waals surface area contributed by atoms with Gasteiger partial charge in [0.25, 0.3) is 0 Å². The number of amides is 1. The summed E-state index contributed by atoms with van der Waals surface area (Å²) in [5.41, 5.74) is 0.719. The van der Waals surface area contributed by atoms with E-state index in [-0.39, 0.29) is 17.6 Å². The van der Waals surface area contributed by atoms with Gasteiger partial charge < -0.3 is 14.8 Å². The van der Waals surface area contributed by atoms with Crippen LogP contribution in [0.2, 0.25) is 5.02 Å². The van der Waals surface area contributed by atoms with Gasteiger partial charge in [0.1, 0.15) is 23.6 Å². The fourth-order valence-electron chi connectivity index (χ4n) is 4.13. The molecule has 1 saturated carbocycles. The highest BCUT2D eigenvalue weighted by Gasteiger charge is 2.30. The standard InChI is InChI=1S/C19H24ClN5O2/c20-15-11-21-17-16(15)18(23-12-22-17)24-6-8-25(9-7-24)19(27)13-4-2-1-3-5-14(26)10-13/h11-13H,1-10H2,(H,21,22,23). The smallest absolute Gasteiger partial charge is 0.226 e. The van der Waals surface area contributed by atoms with Crippen LogP contribution in [-0.4, -0.2) is 57.7 Å². The number of anilines is 1. The predicted molar refractivity (Wildman–Crippen MR) is 104 cm³/mol. The first-order valence-corrected chi connectivity index (χ1v) is 10.0. The van der Waals surface area contributed by atoms with Crippen LogP contribution in [0.15, 0.2) is 12.5 Å². The molecule has 4 rings (SSSR count). The number of carbonyl (C=O) groups excluding carboxylic acids is 2. The van der Waals surface area contributed by atoms with E-state index in [1.807, 2.05) is 4.90 Å². The topological polar surface area (TPSA) is 82.2 Å². The normalized spacial score (nSPS) is 22.0. The molecule has 3 heterocycles. The second-order valence-electron chi connectivity index (χ2n) is 7.41. The third-order valence-corrected chi connectivity index (χ3v) is 5.92. The van der Waals surface area contributed by atoms with E-state index in [0.717, 1.165) is 42.5 Å². The SMILES string of the molecule is O=C1CCCCCC(C(=O)N2CCN(c3ncnc4[nH]cc(Cl)c34)CC2)C1. The molecule has 0 spiro atoms. The van der Waals surface area contributed by atoms with Gasteiger partial charge in [0, 0.05) is 51.1 Å². The Morgan fingerprint density at radius 2 is 1.96 bits per heavy atom. The third-order valence-electron chi connectivity index (χ3n) is 5.62. The Morgan fingerprint density at radius 1 is 1.15 bits per heavy atom. The number of H-pyrrole nitrogens is 1. The largest absolute Gasteiger partial charge is 0.352 e. The maximum atomic E-state index is 12.9. The van der Waals surface area contributed by atoms with E-state index in [9.17, 15) is 9.59 Å². The average Bonchev–Trinajstić information content (AvgIpc) is 3.05. The Balaban J connectivity index is 1.43. The maximum absolute atomic E-state index is 12.9. The first-order valence-electron chi connectivity index (χ1n) is 9.66. The molecule has 1 atom stereocenters. The number of halogens is 1. The van der Waals surface area contributed by atoms with E-state index in [1.54, 1.807) is 6.20 Å². The molecule has 1 unspecified atom stereocenters. The number of ketones is 1. The van der Waals surface area contributed by atoms with E-state index in [0.29, 0.717) is 44.0 Å². The van der Waals surface area contributed by atoms with Crippen LogP contribution in [0, 0.1) is 5.92 Å². The van der Waals surface area contributed by atoms with Crippen LogP contribution in [0.1, 0.15) is 38.5 Å². The Morgan fingerprint density at radius 3 is 2.78 bits per heavy atom. The summed E-state index contributed by atoms with van der Waals surface area (Å²) >= 11 is 6.29. The molecule has 2 fully saturated rings. The first-order chi connectivity index (χ1) is 13.1. The molecule has 0 bridgehead atoms. The number of fused-ring (bicyclic) bond motifs is 1. The van der Waals surface area contributed by atoms with Crippen molar-refractivity contribution in [1.29, 1.82) is 0 Å². The zero-order valence-corrected chi connectivity index (χ0v) is 16.0. The maximum Gasteiger partial charge on any atom is 0.226 e. The first kappa shape index (κ1) is 18.2. The van der Waals surface area contributed by atoms with Crippen LogP contribution in [-0.2, 0) is 9.59 Å². The van der Waals surface area contributed by atoms with Crippen molar-refractivity contribution < 1.29 is 9.59 Å². The molecule has 2 aliphatic rings. The molecule has 1 aliphatic heterocycles. The second-order valence-corrected chi connectivity index (χ2v) is 7.82. The van der Waals surface area contributed by atoms with Crippen molar-refractivity contribution in [1.82, 2.24) is 19.9 Å². The number of aromatic nitrogens is 3. The molecule has 144 valence electrons. The monoisotopic (exact) mass is 389 g/mol. The molecular weight excluding hydrogens is 366 g/mol. The number of nitrogens with one attached hydrogen (secondary N) is 1. The summed E-state index contributed by atoms with van der Waals surface area (Å²) in [4.78, 5) is 40.7. The average molecular weight is 390 g/mol. The number of hydrogen-bond acceptors (Lipinski definition) is 5. The molecule has 27 heavy (non-hydrogen) atoms. The minimum absolute atomic E-state index is 0.136. The summed E-state index contributed by atoms with van der Waals surface area (Å²) in [6.45, 7) is 2.66. The van der Waals surface area contributed by atoms with Crippen molar-refractivity contribution in [2.24, 2.45) is 5.92 Å². The number of aromatic amines is 1. The van der Waals surface area contributed by atoms with Crippen molar-refractivity contribution in [2.75, 3.05) is 31.1 Å². The molecule has 2 aromatic heterocycles. The lowest BCUT2D eigenvalue weighted by Crippen LogP contribution is -2.51. The fourth-order valence-corrected chi connectivity index (χ4v) is 4.35. The zero-order valence-electron chi connectivity index (χ0n) is 15.3. The molecule has 1 aliphatic carbocycles. The molecule has 1 amide bonds. The van der Waals surface area contributed by atoms with Crippen molar-refractivity contribution in [3.63, 3.8) is 0 Å². The second kappa shape index (κ2) is 7.84. The number of Topliss-reactive ketones (excluding diaryl/α,β-unsaturated/α-hetero) is 1. The summed E-state index contributed by atoms with van der Waals surface area (Å²) in [6.07, 6.45) is 8.16. The van der Waals surface area contributed by atoms with Crippen molar-refractivity contribution in [2.45, 2.75) is 38.5 Å². The van der Waals surface area contributed by atoms with Gasteiger partial charge in [-0.3, -0.25) is 9.59 Å². The molecule has 8 heteroatoms. The Kier molecular flexibility index (Phi) is 5.29. The van der Waals surface area contributed by atoms with Gasteiger partial charge in [-0.05, 0) is 12.8 Å². The summed E-state index contributed by atoms with van der Waals surface area (Å²) in [7, 11) is 0. The molecule has 1 saturated heterocycles. The molecule has 1 N–H and O–H groups in total. The van der Waals surface area contributed by atoms with E-state index in [1.165, 1.54) is 6.33 Å². The van der Waals surface area contributed by atoms with E-state index >= 15 is 0 Å². The van der Waals surface area contributed by atoms with Gasteiger partial charge in [0.05, 0.1) is 10.4 Å². The van der Waals surface area contributed by atoms with E-state index in [2.05, 4.69) is 19.9 Å². The lowest BCUT2D eigenvalue weighted by Gasteiger charge is -2.37. The van der Waals surface area contributed by atoms with Crippen LogP contribution in [0.3, 0.4) is 0 Å². The summed E-state index contributed by atoms with van der Waals surface area (Å²) in [6, 6.07) is 0. The fraction of sp³-hybridized carbons (Fsp3) is 0.579. The minimum Gasteiger partial charge on any atom is -0.352 e. The molecule has 7 nitrogen and oxygen atoms in total. The van der Waals surface area contributed by atoms with Crippen molar-refractivity contribution >= 4 is 40.1 Å². The van der Waals surface area contributed by atoms with Gasteiger partial charge in [-0.15, -0.1) is 0 Å². The number of hydrogen-bond donors (Lipinski definition) is 1. The molecular formula is C19H24ClN5O2. The Bertz CT molecular complexity index is 844. The summed E-state index contributed by atoms with van der Waals surface area (Å²) in [5, 5.41) is 1.43. The van der Waals surface area contributed by atoms with Gasteiger partial charge in [-0.2, -0.15) is 0 Å². The van der Waals surface area contributed by atoms with Crippen LogP contribution in [0.5, 0.6) is 0 Å². The molecule has 0 aromatic carbocycles. The summed E-state index contributed by atoms with van der Waals surface area (Å²) in [5.74, 6) is 1.03. The lowest BCUT2D eigenvalue weighted by atomic mass is 9.89. The van der Waals surface area contributed by atoms with Gasteiger partial charge in [-0.1, -0.05) is 24.4 Å². The molecule has 0 radical (unpaired) electrons. The van der Waals surface area contributed by atoms with Crippen LogP contribution < -0.4 is 4.90 Å². The highest BCUT2D eigenvalue weighted by Crippen LogP contribution is 2.30. The van der Waals surface area contributed by atoms with E-state index < -0.39 is 0 Å². The van der Waals surface area contributed by atoms with Gasteiger partial charge in [0.2, 0.25) is 5.91 Å². The third kappa shape index (κ3) is 3.78. The quantitative estimate of drug-likeness (QED) is 0.853. The number of nitrogens with zero attached hydrogens (tertiary/aromatic N) is 4. The van der Waals surface area contributed by atoms with Crippen LogP contribution >= 0.6 is 11.6 Å². The molecule has 2 aromatic rings. The number of rotatable bonds is 2. The van der Waals surface area contributed by atoms with Crippen LogP contribution in [0.25, 0.3) is 11.0 Å². The van der Waals surface area contributed by atoms with Crippen molar-refractivity contribution in [3.05, 3.63) is 17.5 Å². The number of piperazine rings is 1. The van der Waals surface area contributed by atoms with Gasteiger partial charge in [0.15, 0.2) is 0 Å². The Labute approximate surface area is 163 Å². The van der Waals surface area contributed by atoms with Crippen LogP contribution in [0.4, 0.5) is 5.82 Å². The highest BCUT2D eigenvalue weighted by molar-refractivity contribution is 6.36. The summed E-state index contributed by atoms with van der Waals surface area (Å²) < 4.78 is 0. The lowest BCUT2D eigenvalue weighted by molar-refractivity contribution is -0.139. The van der Waals surface area contributed by atoms with Gasteiger partial charge >= 0.3 is 0 Å². The van der Waals surface area contributed by atoms with Gasteiger partial charge in [-0.25, -0.2) is 9.97 Å². The van der Waals surface area contributed by atoms with E-state index in [4.69, 9.17) is 11.6 Å². The predicted octanol–water partition coefficient (Wildman–Crippen LogP) is 2.80. The number of carbonyl (C=O) groups is 2. The highest BCUT2D eigenvalue weighted by atomic mass is 35.5. The van der Waals surface area contributed by atoms with Crippen molar-refractivity contribution in [3.8, 4) is 0 Å². The zero-order chi connectivity index (χ0) is 18.8. The minimum atomic E-state index is -0.144.